The molecular weight excluding hydrogens is 232 g/mol. The summed E-state index contributed by atoms with van der Waals surface area (Å²) < 4.78 is 0. The second-order valence-corrected chi connectivity index (χ2v) is 5.24. The number of hydrogen-bond donors (Lipinski definition) is 0. The van der Waals surface area contributed by atoms with Gasteiger partial charge in [0.05, 0.1) is 0 Å². The fourth-order valence-corrected chi connectivity index (χ4v) is 3.23. The summed E-state index contributed by atoms with van der Waals surface area (Å²) in [7, 11) is 0. The highest BCUT2D eigenvalue weighted by molar-refractivity contribution is 9.09. The zero-order valence-electron chi connectivity index (χ0n) is 8.53. The van der Waals surface area contributed by atoms with Crippen molar-refractivity contribution < 1.29 is 0 Å². The minimum Gasteiger partial charge on any atom is -0.162 e. The van der Waals surface area contributed by atoms with Crippen molar-refractivity contribution in [2.45, 2.75) is 40.0 Å². The van der Waals surface area contributed by atoms with Crippen LogP contribution in [-0.4, -0.2) is 16.8 Å². The molecule has 0 heterocycles. The van der Waals surface area contributed by atoms with Gasteiger partial charge in [0.1, 0.15) is 0 Å². The molecule has 0 aromatic carbocycles. The third kappa shape index (κ3) is 4.18. The lowest BCUT2D eigenvalue weighted by Gasteiger charge is -2.29. The minimum absolute atomic E-state index is 0.572. The third-order valence-electron chi connectivity index (χ3n) is 2.76. The van der Waals surface area contributed by atoms with Gasteiger partial charge in [-0.25, -0.2) is 0 Å². The maximum atomic E-state index is 3.64. The van der Waals surface area contributed by atoms with E-state index < -0.39 is 0 Å². The van der Waals surface area contributed by atoms with Crippen LogP contribution < -0.4 is 0 Å². The highest BCUT2D eigenvalue weighted by Gasteiger charge is 2.23. The molecule has 0 unspecified atom stereocenters. The lowest BCUT2D eigenvalue weighted by atomic mass is 9.82. The molecule has 0 aromatic heterocycles. The maximum Gasteiger partial charge on any atom is 0.00880 e. The summed E-state index contributed by atoms with van der Waals surface area (Å²) in [6, 6.07) is 0. The lowest BCUT2D eigenvalue weighted by Crippen LogP contribution is -2.21. The Balaban J connectivity index is 3.76. The van der Waals surface area contributed by atoms with Crippen molar-refractivity contribution in [2.75, 3.05) is 16.8 Å². The molecule has 0 aliphatic carbocycles. The molecule has 0 fully saturated rings. The molecule has 0 radical (unpaired) electrons. The van der Waals surface area contributed by atoms with Crippen LogP contribution in [0, 0.1) is 5.41 Å². The van der Waals surface area contributed by atoms with Crippen LogP contribution in [0.1, 0.15) is 40.0 Å². The summed E-state index contributed by atoms with van der Waals surface area (Å²) in [6.45, 7) is 6.85. The smallest absolute Gasteiger partial charge is 0.00880 e. The number of halogens is 1. The Labute approximate surface area is 90.0 Å². The number of hydrogen-bond acceptors (Lipinski definition) is 1. The molecule has 0 saturated carbocycles. The first kappa shape index (κ1) is 12.8. The number of rotatable bonds is 7. The van der Waals surface area contributed by atoms with E-state index in [1.807, 2.05) is 0 Å². The third-order valence-corrected chi connectivity index (χ3v) is 4.85. The van der Waals surface area contributed by atoms with Gasteiger partial charge in [-0.15, -0.1) is 0 Å². The maximum absolute atomic E-state index is 3.64. The van der Waals surface area contributed by atoms with Gasteiger partial charge in [0, 0.05) is 5.33 Å². The van der Waals surface area contributed by atoms with E-state index in [0.29, 0.717) is 5.41 Å². The molecule has 74 valence electrons. The Morgan fingerprint density at radius 3 is 2.08 bits per heavy atom. The molecule has 0 N–H and O–H groups in total. The predicted molar refractivity (Wildman–Crippen MR) is 64.4 cm³/mol. The van der Waals surface area contributed by atoms with E-state index in [2.05, 4.69) is 48.5 Å². The van der Waals surface area contributed by atoms with Gasteiger partial charge in [-0.2, -0.15) is 11.8 Å². The molecule has 0 spiro atoms. The van der Waals surface area contributed by atoms with Crippen LogP contribution in [-0.2, 0) is 0 Å². The summed E-state index contributed by atoms with van der Waals surface area (Å²) in [5.41, 5.74) is 0.572. The van der Waals surface area contributed by atoms with Gasteiger partial charge in [-0.05, 0) is 36.2 Å². The number of alkyl halides is 1. The molecule has 0 nitrogen and oxygen atoms in total. The van der Waals surface area contributed by atoms with E-state index in [-0.39, 0.29) is 0 Å². The zero-order valence-corrected chi connectivity index (χ0v) is 10.9. The van der Waals surface area contributed by atoms with Gasteiger partial charge in [0.25, 0.3) is 0 Å². The molecule has 0 atom stereocenters. The average Bonchev–Trinajstić information content (AvgIpc) is 2.14. The van der Waals surface area contributed by atoms with Gasteiger partial charge in [0.2, 0.25) is 0 Å². The molecule has 0 aliphatic rings. The van der Waals surface area contributed by atoms with Crippen LogP contribution in [0.4, 0.5) is 0 Å². The summed E-state index contributed by atoms with van der Waals surface area (Å²) in [5.74, 6) is 2.58. The predicted octanol–water partition coefficient (Wildman–Crippen LogP) is 4.33. The van der Waals surface area contributed by atoms with Crippen LogP contribution >= 0.6 is 27.7 Å². The first-order chi connectivity index (χ1) is 5.74. The molecule has 0 saturated heterocycles. The molecule has 12 heavy (non-hydrogen) atoms. The van der Waals surface area contributed by atoms with Crippen molar-refractivity contribution in [3.8, 4) is 0 Å². The Hall–Kier alpha value is 0.830. The minimum atomic E-state index is 0.572. The summed E-state index contributed by atoms with van der Waals surface area (Å²) >= 11 is 5.70. The molecule has 0 aliphatic heterocycles. The monoisotopic (exact) mass is 252 g/mol. The van der Waals surface area contributed by atoms with Gasteiger partial charge >= 0.3 is 0 Å². The Kier molecular flexibility index (Phi) is 7.76. The van der Waals surface area contributed by atoms with Crippen molar-refractivity contribution in [2.24, 2.45) is 5.41 Å². The molecular formula is C10H21BrS. The van der Waals surface area contributed by atoms with E-state index in [9.17, 15) is 0 Å². The fraction of sp³-hybridized carbons (Fsp3) is 1.00. The van der Waals surface area contributed by atoms with Crippen LogP contribution in [0.2, 0.25) is 0 Å². The van der Waals surface area contributed by atoms with Crippen LogP contribution in [0.5, 0.6) is 0 Å². The molecule has 2 heteroatoms. The highest BCUT2D eigenvalue weighted by Crippen LogP contribution is 2.33. The highest BCUT2D eigenvalue weighted by atomic mass is 79.9. The van der Waals surface area contributed by atoms with E-state index in [1.165, 1.54) is 30.8 Å². The largest absolute Gasteiger partial charge is 0.162 e. The summed E-state index contributed by atoms with van der Waals surface area (Å²) in [5, 5.41) is 1.16. The lowest BCUT2D eigenvalue weighted by molar-refractivity contribution is 0.300. The van der Waals surface area contributed by atoms with Crippen LogP contribution in [0.15, 0.2) is 0 Å². The Bertz CT molecular complexity index is 91.7. The van der Waals surface area contributed by atoms with E-state index >= 15 is 0 Å². The quantitative estimate of drug-likeness (QED) is 0.480. The van der Waals surface area contributed by atoms with E-state index in [1.54, 1.807) is 0 Å². The van der Waals surface area contributed by atoms with Crippen molar-refractivity contribution in [1.29, 1.82) is 0 Å². The van der Waals surface area contributed by atoms with E-state index in [0.717, 1.165) is 5.33 Å². The SMILES string of the molecule is CCSCCC(CC)(CC)CBr. The van der Waals surface area contributed by atoms with Crippen molar-refractivity contribution in [1.82, 2.24) is 0 Å². The standard InChI is InChI=1S/C10H21BrS/c1-4-10(5-2,9-11)7-8-12-6-3/h4-9H2,1-3H3. The first-order valence-electron chi connectivity index (χ1n) is 4.88. The molecule has 0 aromatic rings. The average molecular weight is 253 g/mol. The Morgan fingerprint density at radius 1 is 1.17 bits per heavy atom. The second-order valence-electron chi connectivity index (χ2n) is 3.29. The van der Waals surface area contributed by atoms with Gasteiger partial charge in [-0.3, -0.25) is 0 Å². The summed E-state index contributed by atoms with van der Waals surface area (Å²) in [4.78, 5) is 0. The number of thioether (sulfide) groups is 1. The Morgan fingerprint density at radius 2 is 1.75 bits per heavy atom. The topological polar surface area (TPSA) is 0 Å². The van der Waals surface area contributed by atoms with Gasteiger partial charge in [-0.1, -0.05) is 36.7 Å². The molecule has 0 bridgehead atoms. The van der Waals surface area contributed by atoms with Crippen LogP contribution in [0.25, 0.3) is 0 Å². The van der Waals surface area contributed by atoms with Gasteiger partial charge < -0.3 is 0 Å². The van der Waals surface area contributed by atoms with Crippen molar-refractivity contribution >= 4 is 27.7 Å². The fourth-order valence-electron chi connectivity index (χ4n) is 1.29. The molecule has 0 amide bonds. The normalized spacial score (nSPS) is 12.0. The van der Waals surface area contributed by atoms with E-state index in [4.69, 9.17) is 0 Å². The molecule has 0 rings (SSSR count). The van der Waals surface area contributed by atoms with Crippen LogP contribution in [0.3, 0.4) is 0 Å². The first-order valence-corrected chi connectivity index (χ1v) is 7.16. The second kappa shape index (κ2) is 7.25. The zero-order chi connectivity index (χ0) is 9.45. The van der Waals surface area contributed by atoms with Crippen molar-refractivity contribution in [3.63, 3.8) is 0 Å². The van der Waals surface area contributed by atoms with Crippen molar-refractivity contribution in [3.05, 3.63) is 0 Å². The van der Waals surface area contributed by atoms with Gasteiger partial charge in [0.15, 0.2) is 0 Å². The summed E-state index contributed by atoms with van der Waals surface area (Å²) in [6.07, 6.45) is 3.97.